The van der Waals surface area contributed by atoms with Crippen LogP contribution in [0.2, 0.25) is 0 Å². The largest absolute Gasteiger partial charge is 0.523 e. The monoisotopic (exact) mass is 322 g/mol. The van der Waals surface area contributed by atoms with Gasteiger partial charge in [0.25, 0.3) is 0 Å². The molecule has 0 spiro atoms. The lowest BCUT2D eigenvalue weighted by atomic mass is 10.3. The summed E-state index contributed by atoms with van der Waals surface area (Å²) in [6.45, 7) is 1.30. The molecule has 5 nitrogen and oxygen atoms in total. The summed E-state index contributed by atoms with van der Waals surface area (Å²) >= 11 is 1.42. The molecule has 0 aliphatic rings. The number of benzene rings is 1. The Balaban J connectivity index is 2.64. The van der Waals surface area contributed by atoms with E-state index in [-0.39, 0.29) is 0 Å². The average Bonchev–Trinajstić information content (AvgIpc) is 2.20. The van der Waals surface area contributed by atoms with Crippen molar-refractivity contribution in [2.75, 3.05) is 0 Å². The molecule has 0 saturated carbocycles. The van der Waals surface area contributed by atoms with Gasteiger partial charge in [0.15, 0.2) is 23.0 Å². The lowest BCUT2D eigenvalue weighted by Crippen LogP contribution is -2.04. The zero-order chi connectivity index (χ0) is 11.3. The Bertz CT molecular complexity index is 359. The first kappa shape index (κ1) is 11.8. The lowest BCUT2D eigenvalue weighted by Gasteiger charge is -2.03. The first-order valence-electron chi connectivity index (χ1n) is 3.90. The van der Waals surface area contributed by atoms with Crippen LogP contribution < -0.4 is 9.47 Å². The first-order chi connectivity index (χ1) is 7.11. The molecule has 15 heavy (non-hydrogen) atoms. The van der Waals surface area contributed by atoms with E-state index in [9.17, 15) is 9.59 Å². The van der Waals surface area contributed by atoms with Gasteiger partial charge in [-0.25, -0.2) is 4.79 Å². The highest BCUT2D eigenvalue weighted by Gasteiger charge is 2.04. The van der Waals surface area contributed by atoms with Crippen molar-refractivity contribution in [1.29, 1.82) is 0 Å². The predicted molar refractivity (Wildman–Crippen MR) is 58.9 cm³/mol. The van der Waals surface area contributed by atoms with Gasteiger partial charge < -0.3 is 12.5 Å². The SMILES string of the molecule is CC(=O)Oc1ccc(OC(=O)OI)cc1. The molecule has 0 saturated heterocycles. The quantitative estimate of drug-likeness (QED) is 0.362. The Morgan fingerprint density at radius 1 is 1.07 bits per heavy atom. The van der Waals surface area contributed by atoms with Crippen LogP contribution in [0.3, 0.4) is 0 Å². The standard InChI is InChI=1S/C9H7IO5/c1-6(11)13-7-2-4-8(5-3-7)14-9(12)15-10/h2-5H,1H3. The van der Waals surface area contributed by atoms with Gasteiger partial charge in [0.1, 0.15) is 11.5 Å². The molecule has 0 radical (unpaired) electrons. The Labute approximate surface area is 100 Å². The van der Waals surface area contributed by atoms with E-state index in [1.54, 1.807) is 0 Å². The maximum Gasteiger partial charge on any atom is 0.523 e. The maximum absolute atomic E-state index is 10.7. The molecule has 0 aliphatic heterocycles. The minimum atomic E-state index is -0.809. The normalized spacial score (nSPS) is 9.20. The highest BCUT2D eigenvalue weighted by Crippen LogP contribution is 2.18. The van der Waals surface area contributed by atoms with Gasteiger partial charge in [-0.15, -0.1) is 0 Å². The number of rotatable bonds is 2. The van der Waals surface area contributed by atoms with Gasteiger partial charge in [0, 0.05) is 6.92 Å². The van der Waals surface area contributed by atoms with E-state index in [1.165, 1.54) is 54.2 Å². The summed E-state index contributed by atoms with van der Waals surface area (Å²) in [6, 6.07) is 6.01. The molecule has 0 bridgehead atoms. The first-order valence-corrected chi connectivity index (χ1v) is 4.79. The third-order valence-corrected chi connectivity index (χ3v) is 1.71. The maximum atomic E-state index is 10.7. The van der Waals surface area contributed by atoms with E-state index in [0.29, 0.717) is 11.5 Å². The highest BCUT2D eigenvalue weighted by molar-refractivity contribution is 14.1. The Hall–Kier alpha value is -1.31. The fraction of sp³-hybridized carbons (Fsp3) is 0.111. The molecule has 80 valence electrons. The number of halogens is 1. The van der Waals surface area contributed by atoms with Crippen LogP contribution in [0.5, 0.6) is 11.5 Å². The van der Waals surface area contributed by atoms with Gasteiger partial charge in [-0.2, -0.15) is 0 Å². The molecule has 0 fully saturated rings. The number of carbonyl (C=O) groups is 2. The van der Waals surface area contributed by atoms with Gasteiger partial charge in [-0.1, -0.05) is 0 Å². The van der Waals surface area contributed by atoms with Gasteiger partial charge in [0.2, 0.25) is 0 Å². The fourth-order valence-electron chi connectivity index (χ4n) is 0.854. The average molecular weight is 322 g/mol. The molecule has 1 rings (SSSR count). The second-order valence-corrected chi connectivity index (χ2v) is 2.93. The van der Waals surface area contributed by atoms with Crippen LogP contribution in [0.15, 0.2) is 24.3 Å². The van der Waals surface area contributed by atoms with E-state index >= 15 is 0 Å². The molecule has 1 aromatic rings. The zero-order valence-corrected chi connectivity index (χ0v) is 9.89. The van der Waals surface area contributed by atoms with Gasteiger partial charge >= 0.3 is 12.1 Å². The summed E-state index contributed by atoms with van der Waals surface area (Å²) in [7, 11) is 0. The van der Waals surface area contributed by atoms with Crippen molar-refractivity contribution in [2.24, 2.45) is 0 Å². The molecule has 0 N–H and O–H groups in total. The molecular weight excluding hydrogens is 315 g/mol. The molecule has 0 atom stereocenters. The Morgan fingerprint density at radius 3 is 1.93 bits per heavy atom. The van der Waals surface area contributed by atoms with E-state index in [0.717, 1.165) is 0 Å². The lowest BCUT2D eigenvalue weighted by molar-refractivity contribution is -0.131. The van der Waals surface area contributed by atoms with E-state index in [1.807, 2.05) is 0 Å². The molecule has 6 heteroatoms. The second kappa shape index (κ2) is 5.54. The minimum Gasteiger partial charge on any atom is -0.427 e. The molecular formula is C9H7IO5. The topological polar surface area (TPSA) is 61.8 Å². The van der Waals surface area contributed by atoms with Crippen LogP contribution in [-0.4, -0.2) is 12.1 Å². The van der Waals surface area contributed by atoms with Crippen molar-refractivity contribution in [1.82, 2.24) is 0 Å². The van der Waals surface area contributed by atoms with E-state index < -0.39 is 12.1 Å². The summed E-state index contributed by atoms with van der Waals surface area (Å²) in [5.74, 6) is 0.292. The molecule has 0 amide bonds. The summed E-state index contributed by atoms with van der Waals surface area (Å²) in [6.07, 6.45) is -0.809. The zero-order valence-electron chi connectivity index (χ0n) is 7.73. The summed E-state index contributed by atoms with van der Waals surface area (Å²) in [5.41, 5.74) is 0. The van der Waals surface area contributed by atoms with Crippen molar-refractivity contribution in [3.05, 3.63) is 24.3 Å². The third-order valence-electron chi connectivity index (χ3n) is 1.35. The van der Waals surface area contributed by atoms with Gasteiger partial charge in [-0.3, -0.25) is 4.79 Å². The number of esters is 1. The van der Waals surface area contributed by atoms with Gasteiger partial charge in [-0.05, 0) is 24.3 Å². The fourth-order valence-corrected chi connectivity index (χ4v) is 0.944. The molecule has 0 aromatic heterocycles. The number of ether oxygens (including phenoxy) is 2. The van der Waals surface area contributed by atoms with Crippen LogP contribution in [0, 0.1) is 0 Å². The molecule has 0 unspecified atom stereocenters. The van der Waals surface area contributed by atoms with Crippen molar-refractivity contribution < 1.29 is 22.1 Å². The van der Waals surface area contributed by atoms with Crippen molar-refractivity contribution in [3.63, 3.8) is 0 Å². The summed E-state index contributed by atoms with van der Waals surface area (Å²) < 4.78 is 13.8. The predicted octanol–water partition coefficient (Wildman–Crippen LogP) is 2.48. The Morgan fingerprint density at radius 2 is 1.53 bits per heavy atom. The van der Waals surface area contributed by atoms with Crippen LogP contribution >= 0.6 is 23.0 Å². The Kier molecular flexibility index (Phi) is 4.35. The van der Waals surface area contributed by atoms with Crippen LogP contribution in [-0.2, 0) is 7.86 Å². The van der Waals surface area contributed by atoms with Crippen LogP contribution in [0.4, 0.5) is 4.79 Å². The smallest absolute Gasteiger partial charge is 0.427 e. The third kappa shape index (κ3) is 4.15. The van der Waals surface area contributed by atoms with E-state index in [4.69, 9.17) is 9.47 Å². The van der Waals surface area contributed by atoms with Crippen molar-refractivity contribution in [3.8, 4) is 11.5 Å². The van der Waals surface area contributed by atoms with Crippen LogP contribution in [0.25, 0.3) is 0 Å². The molecule has 0 aliphatic carbocycles. The van der Waals surface area contributed by atoms with Crippen LogP contribution in [0.1, 0.15) is 6.92 Å². The number of hydrogen-bond acceptors (Lipinski definition) is 5. The summed E-state index contributed by atoms with van der Waals surface area (Å²) in [4.78, 5) is 21.3. The molecule has 1 aromatic carbocycles. The van der Waals surface area contributed by atoms with Crippen molar-refractivity contribution >= 4 is 35.1 Å². The van der Waals surface area contributed by atoms with Crippen molar-refractivity contribution in [2.45, 2.75) is 6.92 Å². The second-order valence-electron chi connectivity index (χ2n) is 2.49. The highest BCUT2D eigenvalue weighted by atomic mass is 127. The number of carbonyl (C=O) groups excluding carboxylic acids is 2. The number of hydrogen-bond donors (Lipinski definition) is 0. The molecule has 0 heterocycles. The minimum absolute atomic E-state index is 0.313. The van der Waals surface area contributed by atoms with E-state index in [2.05, 4.69) is 3.07 Å². The summed E-state index contributed by atoms with van der Waals surface area (Å²) in [5, 5.41) is 0. The van der Waals surface area contributed by atoms with Gasteiger partial charge in [0.05, 0.1) is 0 Å².